The number of likely N-dealkylation sites (tertiary alicyclic amines) is 1. The summed E-state index contributed by atoms with van der Waals surface area (Å²) < 4.78 is 0. The molecule has 0 spiro atoms. The summed E-state index contributed by atoms with van der Waals surface area (Å²) in [6, 6.07) is 6.62. The molecule has 1 N–H and O–H groups in total. The highest BCUT2D eigenvalue weighted by Gasteiger charge is 2.33. The minimum atomic E-state index is -0.350. The van der Waals surface area contributed by atoms with Crippen LogP contribution in [0.5, 0.6) is 0 Å². The van der Waals surface area contributed by atoms with Gasteiger partial charge in [-0.1, -0.05) is 6.07 Å². The molecule has 1 aliphatic heterocycles. The molecule has 1 unspecified atom stereocenters. The van der Waals surface area contributed by atoms with Gasteiger partial charge in [-0.3, -0.25) is 5.32 Å². The SMILES string of the molecule is CN1CCCC(C#N)(NCc2cccs2)C1. The number of nitrogens with zero attached hydrogens (tertiary/aromatic N) is 2. The van der Waals surface area contributed by atoms with Gasteiger partial charge in [0, 0.05) is 18.0 Å². The highest BCUT2D eigenvalue weighted by molar-refractivity contribution is 7.09. The van der Waals surface area contributed by atoms with E-state index >= 15 is 0 Å². The van der Waals surface area contributed by atoms with Crippen LogP contribution in [0.3, 0.4) is 0 Å². The smallest absolute Gasteiger partial charge is 0.119 e. The van der Waals surface area contributed by atoms with Gasteiger partial charge in [0.1, 0.15) is 5.54 Å². The first kappa shape index (κ1) is 11.6. The van der Waals surface area contributed by atoms with Gasteiger partial charge in [-0.05, 0) is 37.9 Å². The van der Waals surface area contributed by atoms with Crippen LogP contribution in [0.1, 0.15) is 17.7 Å². The molecule has 1 aromatic rings. The van der Waals surface area contributed by atoms with Gasteiger partial charge in [-0.15, -0.1) is 11.3 Å². The van der Waals surface area contributed by atoms with Gasteiger partial charge in [0.2, 0.25) is 0 Å². The van der Waals surface area contributed by atoms with Crippen molar-refractivity contribution in [1.29, 1.82) is 5.26 Å². The Morgan fingerprint density at radius 3 is 3.19 bits per heavy atom. The topological polar surface area (TPSA) is 39.1 Å². The maximum atomic E-state index is 9.35. The van der Waals surface area contributed by atoms with Crippen LogP contribution in [-0.2, 0) is 6.54 Å². The van der Waals surface area contributed by atoms with Crippen LogP contribution in [0.15, 0.2) is 17.5 Å². The molecular weight excluding hydrogens is 218 g/mol. The Balaban J connectivity index is 1.97. The number of rotatable bonds is 3. The van der Waals surface area contributed by atoms with Gasteiger partial charge in [-0.2, -0.15) is 5.26 Å². The highest BCUT2D eigenvalue weighted by Crippen LogP contribution is 2.20. The first-order valence-corrected chi connectivity index (χ1v) is 6.49. The van der Waals surface area contributed by atoms with E-state index in [1.165, 1.54) is 4.88 Å². The number of nitrogens with one attached hydrogen (secondary N) is 1. The van der Waals surface area contributed by atoms with E-state index in [1.54, 1.807) is 11.3 Å². The van der Waals surface area contributed by atoms with Gasteiger partial charge in [0.05, 0.1) is 6.07 Å². The van der Waals surface area contributed by atoms with Gasteiger partial charge in [0.15, 0.2) is 0 Å². The molecule has 2 heterocycles. The zero-order chi connectivity index (χ0) is 11.4. The molecule has 0 saturated carbocycles. The lowest BCUT2D eigenvalue weighted by Gasteiger charge is -2.37. The van der Waals surface area contributed by atoms with Crippen LogP contribution >= 0.6 is 11.3 Å². The zero-order valence-electron chi connectivity index (χ0n) is 9.57. The maximum absolute atomic E-state index is 9.35. The first-order chi connectivity index (χ1) is 7.74. The Morgan fingerprint density at radius 1 is 1.69 bits per heavy atom. The Hall–Kier alpha value is -0.890. The summed E-state index contributed by atoms with van der Waals surface area (Å²) in [5, 5.41) is 14.8. The first-order valence-electron chi connectivity index (χ1n) is 5.61. The van der Waals surface area contributed by atoms with Crippen molar-refractivity contribution in [1.82, 2.24) is 10.2 Å². The third-order valence-corrected chi connectivity index (χ3v) is 3.95. The second kappa shape index (κ2) is 4.96. The maximum Gasteiger partial charge on any atom is 0.119 e. The van der Waals surface area contributed by atoms with E-state index in [2.05, 4.69) is 34.8 Å². The van der Waals surface area contributed by atoms with Crippen molar-refractivity contribution in [3.05, 3.63) is 22.4 Å². The number of thiophene rings is 1. The van der Waals surface area contributed by atoms with E-state index in [1.807, 2.05) is 6.07 Å². The van der Waals surface area contributed by atoms with Gasteiger partial charge >= 0.3 is 0 Å². The van der Waals surface area contributed by atoms with E-state index < -0.39 is 0 Å². The summed E-state index contributed by atoms with van der Waals surface area (Å²) in [4.78, 5) is 3.52. The summed E-state index contributed by atoms with van der Waals surface area (Å²) in [5.41, 5.74) is -0.350. The molecule has 1 aromatic heterocycles. The summed E-state index contributed by atoms with van der Waals surface area (Å²) in [6.45, 7) is 2.73. The van der Waals surface area contributed by atoms with Crippen LogP contribution in [-0.4, -0.2) is 30.6 Å². The summed E-state index contributed by atoms with van der Waals surface area (Å²) >= 11 is 1.74. The normalized spacial score (nSPS) is 26.5. The standard InChI is InChI=1S/C12H17N3S/c1-15-6-3-5-12(9-13,10-15)14-8-11-4-2-7-16-11/h2,4,7,14H,3,5-6,8,10H2,1H3. The molecule has 16 heavy (non-hydrogen) atoms. The molecule has 2 rings (SSSR count). The second-order valence-electron chi connectivity index (χ2n) is 4.47. The number of nitriles is 1. The third-order valence-electron chi connectivity index (χ3n) is 3.08. The predicted octanol–water partition coefficient (Wildman–Crippen LogP) is 1.83. The Kier molecular flexibility index (Phi) is 3.59. The van der Waals surface area contributed by atoms with Crippen molar-refractivity contribution < 1.29 is 0 Å². The van der Waals surface area contributed by atoms with Crippen molar-refractivity contribution in [2.24, 2.45) is 0 Å². The van der Waals surface area contributed by atoms with Crippen molar-refractivity contribution in [3.8, 4) is 6.07 Å². The molecule has 0 aliphatic carbocycles. The lowest BCUT2D eigenvalue weighted by molar-refractivity contribution is 0.184. The Bertz CT molecular complexity index is 368. The van der Waals surface area contributed by atoms with Gasteiger partial charge in [0.25, 0.3) is 0 Å². The van der Waals surface area contributed by atoms with Crippen LogP contribution in [0, 0.1) is 11.3 Å². The third kappa shape index (κ3) is 2.62. The van der Waals surface area contributed by atoms with E-state index in [0.29, 0.717) is 0 Å². The molecule has 0 bridgehead atoms. The average Bonchev–Trinajstić information content (AvgIpc) is 2.79. The lowest BCUT2D eigenvalue weighted by atomic mass is 9.91. The number of piperidine rings is 1. The molecule has 4 heteroatoms. The van der Waals surface area contributed by atoms with Gasteiger partial charge < -0.3 is 4.90 Å². The van der Waals surface area contributed by atoms with E-state index in [0.717, 1.165) is 32.5 Å². The van der Waals surface area contributed by atoms with E-state index in [4.69, 9.17) is 0 Å². The molecule has 0 radical (unpaired) electrons. The number of hydrogen-bond donors (Lipinski definition) is 1. The van der Waals surface area contributed by atoms with E-state index in [9.17, 15) is 5.26 Å². The van der Waals surface area contributed by atoms with Crippen LogP contribution < -0.4 is 5.32 Å². The molecule has 0 amide bonds. The molecule has 1 aliphatic rings. The Morgan fingerprint density at radius 2 is 2.56 bits per heavy atom. The van der Waals surface area contributed by atoms with Crippen molar-refractivity contribution in [3.63, 3.8) is 0 Å². The molecule has 1 fully saturated rings. The lowest BCUT2D eigenvalue weighted by Crippen LogP contribution is -2.54. The van der Waals surface area contributed by atoms with Crippen molar-refractivity contribution in [2.75, 3.05) is 20.1 Å². The average molecular weight is 235 g/mol. The summed E-state index contributed by atoms with van der Waals surface area (Å²) in [7, 11) is 2.08. The molecule has 86 valence electrons. The fourth-order valence-electron chi connectivity index (χ4n) is 2.21. The van der Waals surface area contributed by atoms with Crippen LogP contribution in [0.25, 0.3) is 0 Å². The predicted molar refractivity (Wildman–Crippen MR) is 66.2 cm³/mol. The highest BCUT2D eigenvalue weighted by atomic mass is 32.1. The molecule has 0 aromatic carbocycles. The second-order valence-corrected chi connectivity index (χ2v) is 5.50. The molecule has 1 atom stereocenters. The number of hydrogen-bond acceptors (Lipinski definition) is 4. The fourth-order valence-corrected chi connectivity index (χ4v) is 2.86. The fraction of sp³-hybridized carbons (Fsp3) is 0.583. The van der Waals surface area contributed by atoms with Crippen LogP contribution in [0.4, 0.5) is 0 Å². The largest absolute Gasteiger partial charge is 0.303 e. The summed E-state index contributed by atoms with van der Waals surface area (Å²) in [6.07, 6.45) is 2.06. The summed E-state index contributed by atoms with van der Waals surface area (Å²) in [5.74, 6) is 0. The monoisotopic (exact) mass is 235 g/mol. The minimum absolute atomic E-state index is 0.350. The quantitative estimate of drug-likeness (QED) is 0.868. The molecule has 1 saturated heterocycles. The van der Waals surface area contributed by atoms with Crippen LogP contribution in [0.2, 0.25) is 0 Å². The van der Waals surface area contributed by atoms with Crippen molar-refractivity contribution >= 4 is 11.3 Å². The minimum Gasteiger partial charge on any atom is -0.303 e. The van der Waals surface area contributed by atoms with Crippen molar-refractivity contribution in [2.45, 2.75) is 24.9 Å². The molecule has 3 nitrogen and oxygen atoms in total. The Labute approximate surface area is 101 Å². The number of likely N-dealkylation sites (N-methyl/N-ethyl adjacent to an activating group) is 1. The van der Waals surface area contributed by atoms with Gasteiger partial charge in [-0.25, -0.2) is 0 Å². The zero-order valence-corrected chi connectivity index (χ0v) is 10.4. The molecular formula is C12H17N3S. The van der Waals surface area contributed by atoms with E-state index in [-0.39, 0.29) is 5.54 Å².